The highest BCUT2D eigenvalue weighted by Crippen LogP contribution is 2.32. The Balaban J connectivity index is 0.00000117. The molecule has 4 nitrogen and oxygen atoms in total. The van der Waals surface area contributed by atoms with E-state index in [4.69, 9.17) is 4.52 Å². The summed E-state index contributed by atoms with van der Waals surface area (Å²) >= 11 is 0. The van der Waals surface area contributed by atoms with Crippen LogP contribution in [0.25, 0.3) is 11.0 Å². The normalized spacial score (nSPS) is 15.1. The third kappa shape index (κ3) is 5.18. The van der Waals surface area contributed by atoms with Gasteiger partial charge < -0.3 is 9.42 Å². The molecule has 2 aromatic carbocycles. The number of fused-ring (bicyclic) bond motifs is 1. The Hall–Kier alpha value is -2.79. The molecule has 0 saturated carbocycles. The van der Waals surface area contributed by atoms with Gasteiger partial charge in [0.15, 0.2) is 11.4 Å². The topological polar surface area (TPSA) is 46.3 Å². The van der Waals surface area contributed by atoms with Gasteiger partial charge in [-0.1, -0.05) is 17.3 Å². The summed E-state index contributed by atoms with van der Waals surface area (Å²) in [7, 11) is 0. The minimum absolute atomic E-state index is 0.0824. The molecule has 0 unspecified atom stereocenters. The number of ketones is 1. The Kier molecular flexibility index (Phi) is 7.30. The first-order chi connectivity index (χ1) is 14.2. The average molecular weight is 394 g/mol. The summed E-state index contributed by atoms with van der Waals surface area (Å²) in [6.07, 6.45) is 3.44. The molecule has 0 radical (unpaired) electrons. The van der Waals surface area contributed by atoms with Crippen molar-refractivity contribution in [2.75, 3.05) is 19.6 Å². The van der Waals surface area contributed by atoms with Gasteiger partial charge >= 0.3 is 0 Å². The number of nitrogens with zero attached hydrogens (tertiary/aromatic N) is 2. The third-order valence-electron chi connectivity index (χ3n) is 5.42. The lowest BCUT2D eigenvalue weighted by Crippen LogP contribution is -2.34. The van der Waals surface area contributed by atoms with E-state index in [9.17, 15) is 9.18 Å². The fourth-order valence-electron chi connectivity index (χ4n) is 3.87. The van der Waals surface area contributed by atoms with Crippen LogP contribution in [0.2, 0.25) is 0 Å². The number of hydrogen-bond acceptors (Lipinski definition) is 4. The van der Waals surface area contributed by atoms with Gasteiger partial charge in [0, 0.05) is 23.3 Å². The lowest BCUT2D eigenvalue weighted by atomic mass is 9.91. The molecular formula is C24H27FN2O2. The number of carbonyl (C=O) groups is 1. The Labute approximate surface area is 171 Å². The van der Waals surface area contributed by atoms with Crippen LogP contribution in [-0.4, -0.2) is 35.5 Å². The molecule has 0 bridgehead atoms. The van der Waals surface area contributed by atoms with Crippen molar-refractivity contribution in [3.63, 3.8) is 0 Å². The van der Waals surface area contributed by atoms with E-state index < -0.39 is 0 Å². The van der Waals surface area contributed by atoms with Crippen molar-refractivity contribution in [3.05, 3.63) is 78.8 Å². The van der Waals surface area contributed by atoms with Gasteiger partial charge in [0.05, 0.1) is 5.69 Å². The summed E-state index contributed by atoms with van der Waals surface area (Å²) in [6.45, 7) is 8.94. The minimum Gasteiger partial charge on any atom is -0.356 e. The number of likely N-dealkylation sites (tertiary alicyclic amines) is 1. The van der Waals surface area contributed by atoms with Crippen LogP contribution in [-0.2, 0) is 0 Å². The van der Waals surface area contributed by atoms with Crippen LogP contribution in [0, 0.1) is 5.82 Å². The molecule has 5 heteroatoms. The number of aromatic nitrogens is 1. The fourth-order valence-corrected chi connectivity index (χ4v) is 3.87. The van der Waals surface area contributed by atoms with Crippen LogP contribution in [0.1, 0.15) is 47.7 Å². The highest BCUT2D eigenvalue weighted by atomic mass is 19.1. The van der Waals surface area contributed by atoms with Gasteiger partial charge in [0.1, 0.15) is 5.82 Å². The number of halogens is 1. The highest BCUT2D eigenvalue weighted by molar-refractivity contribution is 5.95. The van der Waals surface area contributed by atoms with Gasteiger partial charge in [-0.05, 0) is 75.3 Å². The first kappa shape index (κ1) is 20.9. The third-order valence-corrected chi connectivity index (χ3v) is 5.42. The maximum atomic E-state index is 12.9. The predicted molar refractivity (Wildman–Crippen MR) is 114 cm³/mol. The molecule has 1 fully saturated rings. The lowest BCUT2D eigenvalue weighted by molar-refractivity contribution is 0.0972. The van der Waals surface area contributed by atoms with E-state index in [1.54, 1.807) is 12.1 Å². The van der Waals surface area contributed by atoms with Crippen LogP contribution in [0.4, 0.5) is 4.39 Å². The highest BCUT2D eigenvalue weighted by Gasteiger charge is 2.24. The molecule has 2 heterocycles. The quantitative estimate of drug-likeness (QED) is 0.403. The maximum absolute atomic E-state index is 12.9. The Morgan fingerprint density at radius 3 is 2.52 bits per heavy atom. The van der Waals surface area contributed by atoms with E-state index in [2.05, 4.69) is 29.3 Å². The largest absolute Gasteiger partial charge is 0.356 e. The first-order valence-corrected chi connectivity index (χ1v) is 10.1. The monoisotopic (exact) mass is 394 g/mol. The maximum Gasteiger partial charge on any atom is 0.167 e. The van der Waals surface area contributed by atoms with Crippen molar-refractivity contribution in [1.82, 2.24) is 10.1 Å². The second-order valence-corrected chi connectivity index (χ2v) is 7.21. The number of rotatable bonds is 6. The number of benzene rings is 2. The molecule has 0 aliphatic carbocycles. The number of piperidine rings is 1. The molecule has 0 N–H and O–H groups in total. The molecule has 1 saturated heterocycles. The number of hydrogen-bond donors (Lipinski definition) is 0. The van der Waals surface area contributed by atoms with Gasteiger partial charge in [-0.25, -0.2) is 4.39 Å². The van der Waals surface area contributed by atoms with E-state index in [-0.39, 0.29) is 11.6 Å². The van der Waals surface area contributed by atoms with Crippen LogP contribution in [0.3, 0.4) is 0 Å². The smallest absolute Gasteiger partial charge is 0.167 e. The molecule has 4 rings (SSSR count). The van der Waals surface area contributed by atoms with Crippen LogP contribution in [0.15, 0.2) is 66.2 Å². The summed E-state index contributed by atoms with van der Waals surface area (Å²) in [5, 5.41) is 5.43. The molecule has 0 atom stereocenters. The number of para-hydroxylation sites is 1. The predicted octanol–water partition coefficient (Wildman–Crippen LogP) is 5.61. The summed E-state index contributed by atoms with van der Waals surface area (Å²) < 4.78 is 18.4. The van der Waals surface area contributed by atoms with E-state index in [0.717, 1.165) is 55.6 Å². The average Bonchev–Trinajstić information content (AvgIpc) is 3.20. The lowest BCUT2D eigenvalue weighted by Gasteiger charge is -2.31. The van der Waals surface area contributed by atoms with E-state index in [1.165, 1.54) is 12.1 Å². The Morgan fingerprint density at radius 1 is 1.10 bits per heavy atom. The van der Waals surface area contributed by atoms with Crippen molar-refractivity contribution in [3.8, 4) is 0 Å². The molecule has 152 valence electrons. The Morgan fingerprint density at radius 2 is 1.79 bits per heavy atom. The van der Waals surface area contributed by atoms with Crippen LogP contribution >= 0.6 is 0 Å². The van der Waals surface area contributed by atoms with Crippen LogP contribution < -0.4 is 0 Å². The molecule has 0 spiro atoms. The van der Waals surface area contributed by atoms with Crippen molar-refractivity contribution in [1.29, 1.82) is 0 Å². The minimum atomic E-state index is -0.311. The van der Waals surface area contributed by atoms with Gasteiger partial charge in [0.25, 0.3) is 0 Å². The first-order valence-electron chi connectivity index (χ1n) is 10.1. The molecule has 1 aliphatic rings. The molecule has 29 heavy (non-hydrogen) atoms. The van der Waals surface area contributed by atoms with Crippen molar-refractivity contribution < 1.29 is 13.7 Å². The summed E-state index contributed by atoms with van der Waals surface area (Å²) in [5.74, 6) is 0.207. The zero-order valence-corrected chi connectivity index (χ0v) is 16.6. The number of carbonyl (C=O) groups excluding carboxylic acids is 1. The Bertz CT molecular complexity index is 927. The van der Waals surface area contributed by atoms with E-state index in [1.807, 2.05) is 18.2 Å². The standard InChI is InChI=1S/C22H23FN2O2.C2H4/c23-18-9-7-16(8-10-18)20(26)5-3-13-25-14-11-17(12-15-25)22-19-4-1-2-6-21(19)27-24-22;1-2/h1-2,4,6-10,17H,3,5,11-15H2;1-2H2. The zero-order chi connectivity index (χ0) is 20.6. The summed E-state index contributed by atoms with van der Waals surface area (Å²) in [6, 6.07) is 13.8. The number of Topliss-reactive ketones (excluding diaryl/α,β-unsaturated/α-hetero) is 1. The second kappa shape index (κ2) is 10.1. The molecule has 3 aromatic rings. The van der Waals surface area contributed by atoms with E-state index in [0.29, 0.717) is 17.9 Å². The van der Waals surface area contributed by atoms with Gasteiger partial charge in [0.2, 0.25) is 0 Å². The SMILES string of the molecule is C=C.O=C(CCCN1CCC(c2noc3ccccc23)CC1)c1ccc(F)cc1. The van der Waals surface area contributed by atoms with Crippen molar-refractivity contribution in [2.45, 2.75) is 31.6 Å². The van der Waals surface area contributed by atoms with Gasteiger partial charge in [-0.3, -0.25) is 4.79 Å². The molecule has 0 amide bonds. The van der Waals surface area contributed by atoms with Crippen molar-refractivity contribution >= 4 is 16.8 Å². The molecule has 1 aliphatic heterocycles. The van der Waals surface area contributed by atoms with E-state index >= 15 is 0 Å². The zero-order valence-electron chi connectivity index (χ0n) is 16.6. The fraction of sp³-hybridized carbons (Fsp3) is 0.333. The molecular weight excluding hydrogens is 367 g/mol. The van der Waals surface area contributed by atoms with Gasteiger partial charge in [-0.15, -0.1) is 13.2 Å². The van der Waals surface area contributed by atoms with Crippen LogP contribution in [0.5, 0.6) is 0 Å². The molecule has 1 aromatic heterocycles. The summed E-state index contributed by atoms with van der Waals surface area (Å²) in [4.78, 5) is 14.6. The second-order valence-electron chi connectivity index (χ2n) is 7.21. The van der Waals surface area contributed by atoms with Crippen molar-refractivity contribution in [2.24, 2.45) is 0 Å². The summed E-state index contributed by atoms with van der Waals surface area (Å²) in [5.41, 5.74) is 2.53. The van der Waals surface area contributed by atoms with Gasteiger partial charge in [-0.2, -0.15) is 0 Å².